The Bertz CT molecular complexity index is 1170. The van der Waals surface area contributed by atoms with Crippen molar-refractivity contribution >= 4 is 28.4 Å². The fraction of sp³-hybridized carbons (Fsp3) is 0.522. The monoisotopic (exact) mass is 450 g/mol. The van der Waals surface area contributed by atoms with Crippen LogP contribution in [0.15, 0.2) is 24.3 Å². The molecule has 0 aliphatic carbocycles. The maximum Gasteiger partial charge on any atom is 0.179 e. The van der Waals surface area contributed by atoms with Gasteiger partial charge in [0.05, 0.1) is 24.6 Å². The molecule has 0 bridgehead atoms. The van der Waals surface area contributed by atoms with Crippen LogP contribution in [0.25, 0.3) is 11.2 Å². The molecule has 3 aliphatic rings. The van der Waals surface area contributed by atoms with E-state index >= 15 is 0 Å². The molecule has 2 aromatic heterocycles. The van der Waals surface area contributed by atoms with E-state index in [0.717, 1.165) is 66.8 Å². The number of imidazole rings is 1. The first kappa shape index (κ1) is 20.6. The maximum absolute atomic E-state index is 5.92. The number of ether oxygens (including phenoxy) is 2. The summed E-state index contributed by atoms with van der Waals surface area (Å²) in [7, 11) is 3.77. The Kier molecular flexibility index (Phi) is 4.72. The van der Waals surface area contributed by atoms with Crippen LogP contribution in [0, 0.1) is 0 Å². The molecule has 0 radical (unpaired) electrons. The lowest BCUT2D eigenvalue weighted by atomic mass is 9.96. The Morgan fingerprint density at radius 1 is 1.06 bits per heavy atom. The summed E-state index contributed by atoms with van der Waals surface area (Å²) < 4.78 is 13.6. The van der Waals surface area contributed by atoms with Crippen LogP contribution in [0.5, 0.6) is 0 Å². The number of nitrogens with one attached hydrogen (secondary N) is 3. The number of rotatable bonds is 5. The second-order valence-electron chi connectivity index (χ2n) is 8.99. The first-order valence-electron chi connectivity index (χ1n) is 11.6. The lowest BCUT2D eigenvalue weighted by Gasteiger charge is -2.40. The van der Waals surface area contributed by atoms with Gasteiger partial charge in [-0.1, -0.05) is 19.1 Å². The minimum atomic E-state index is -0.597. The van der Waals surface area contributed by atoms with Crippen molar-refractivity contribution in [2.45, 2.75) is 24.6 Å². The summed E-state index contributed by atoms with van der Waals surface area (Å²) in [5.41, 5.74) is 2.69. The normalized spacial score (nSPS) is 20.8. The molecule has 6 rings (SSSR count). The van der Waals surface area contributed by atoms with Crippen molar-refractivity contribution < 1.29 is 9.47 Å². The molecule has 0 saturated carbocycles. The van der Waals surface area contributed by atoms with Gasteiger partial charge >= 0.3 is 0 Å². The lowest BCUT2D eigenvalue weighted by molar-refractivity contribution is -0.0649. The number of nitrogens with zero attached hydrogens (tertiary/aromatic N) is 5. The van der Waals surface area contributed by atoms with Crippen molar-refractivity contribution in [3.63, 3.8) is 0 Å². The Morgan fingerprint density at radius 3 is 2.33 bits per heavy atom. The number of morpholine rings is 1. The average molecular weight is 451 g/mol. The number of fused-ring (bicyclic) bond motifs is 2. The average Bonchev–Trinajstić information content (AvgIpc) is 3.38. The van der Waals surface area contributed by atoms with Crippen molar-refractivity contribution in [1.29, 1.82) is 0 Å². The van der Waals surface area contributed by atoms with E-state index in [1.807, 2.05) is 19.2 Å². The minimum absolute atomic E-state index is 0.444. The second-order valence-corrected chi connectivity index (χ2v) is 8.99. The number of anilines is 3. The van der Waals surface area contributed by atoms with Gasteiger partial charge in [-0.15, -0.1) is 0 Å². The fourth-order valence-electron chi connectivity index (χ4n) is 5.03. The van der Waals surface area contributed by atoms with E-state index in [4.69, 9.17) is 24.4 Å². The van der Waals surface area contributed by atoms with Crippen LogP contribution in [0.2, 0.25) is 0 Å². The molecule has 3 N–H and O–H groups in total. The molecule has 1 aromatic carbocycles. The molecule has 3 aliphatic heterocycles. The highest BCUT2D eigenvalue weighted by Gasteiger charge is 2.45. The number of hydrogen-bond donors (Lipinski definition) is 3. The molecular weight excluding hydrogens is 420 g/mol. The van der Waals surface area contributed by atoms with Crippen molar-refractivity contribution in [3.8, 4) is 0 Å². The summed E-state index contributed by atoms with van der Waals surface area (Å²) >= 11 is 0. The summed E-state index contributed by atoms with van der Waals surface area (Å²) in [6.07, 6.45) is 0.770. The highest BCUT2D eigenvalue weighted by molar-refractivity contribution is 5.85. The number of aromatic nitrogens is 4. The van der Waals surface area contributed by atoms with Crippen LogP contribution in [-0.2, 0) is 27.8 Å². The molecule has 174 valence electrons. The van der Waals surface area contributed by atoms with Crippen LogP contribution in [-0.4, -0.2) is 66.0 Å². The van der Waals surface area contributed by atoms with E-state index in [1.54, 1.807) is 7.11 Å². The van der Waals surface area contributed by atoms with Crippen molar-refractivity contribution in [2.75, 3.05) is 62.0 Å². The summed E-state index contributed by atoms with van der Waals surface area (Å²) in [5, 5.41) is 10.6. The van der Waals surface area contributed by atoms with Crippen LogP contribution in [0.3, 0.4) is 0 Å². The molecular formula is C23H30N8O2. The lowest BCUT2D eigenvalue weighted by Crippen LogP contribution is -2.59. The predicted molar refractivity (Wildman–Crippen MR) is 127 cm³/mol. The molecule has 10 nitrogen and oxygen atoms in total. The molecule has 5 heterocycles. The van der Waals surface area contributed by atoms with Gasteiger partial charge in [0, 0.05) is 40.3 Å². The van der Waals surface area contributed by atoms with Gasteiger partial charge in [-0.05, 0) is 18.6 Å². The van der Waals surface area contributed by atoms with Gasteiger partial charge in [-0.3, -0.25) is 0 Å². The number of benzene rings is 1. The largest absolute Gasteiger partial charge is 0.378 e. The predicted octanol–water partition coefficient (Wildman–Crippen LogP) is 1.75. The van der Waals surface area contributed by atoms with E-state index in [2.05, 4.69) is 44.5 Å². The van der Waals surface area contributed by atoms with Gasteiger partial charge in [0.15, 0.2) is 28.5 Å². The van der Waals surface area contributed by atoms with Crippen LogP contribution < -0.4 is 20.9 Å². The van der Waals surface area contributed by atoms with Gasteiger partial charge in [0.1, 0.15) is 11.4 Å². The van der Waals surface area contributed by atoms with E-state index in [9.17, 15) is 0 Å². The maximum atomic E-state index is 5.92. The second kappa shape index (κ2) is 7.54. The third kappa shape index (κ3) is 3.01. The topological polar surface area (TPSA) is 101 Å². The number of methoxy groups -OCH3 is 1. The first-order valence-corrected chi connectivity index (χ1v) is 11.6. The molecule has 0 amide bonds. The molecule has 2 fully saturated rings. The van der Waals surface area contributed by atoms with Crippen molar-refractivity contribution in [2.24, 2.45) is 7.05 Å². The van der Waals surface area contributed by atoms with Crippen LogP contribution in [0.1, 0.15) is 25.0 Å². The van der Waals surface area contributed by atoms with Gasteiger partial charge in [0.25, 0.3) is 0 Å². The summed E-state index contributed by atoms with van der Waals surface area (Å²) in [6, 6.07) is 8.23. The smallest absolute Gasteiger partial charge is 0.179 e. The summed E-state index contributed by atoms with van der Waals surface area (Å²) in [6.45, 7) is 6.49. The van der Waals surface area contributed by atoms with Crippen LogP contribution >= 0.6 is 0 Å². The van der Waals surface area contributed by atoms with Gasteiger partial charge in [0.2, 0.25) is 0 Å². The van der Waals surface area contributed by atoms with Crippen LogP contribution in [0.4, 0.5) is 17.2 Å². The number of hydrogen-bond acceptors (Lipinski definition) is 9. The van der Waals surface area contributed by atoms with E-state index in [-0.39, 0.29) is 0 Å². The molecule has 10 heteroatoms. The molecule has 2 saturated heterocycles. The number of para-hydroxylation sites is 2. The molecule has 0 atom stereocenters. The SMILES string of the molecule is CCC1(c2nc(N3CCOCC3)c3nc(C4(OC)CNC4)n(C)c3n2)Nc2ccccc2N1. The van der Waals surface area contributed by atoms with Gasteiger partial charge in [-0.25, -0.2) is 15.0 Å². The Labute approximate surface area is 192 Å². The highest BCUT2D eigenvalue weighted by Crippen LogP contribution is 2.41. The zero-order chi connectivity index (χ0) is 22.6. The quantitative estimate of drug-likeness (QED) is 0.537. The standard InChI is InChI=1S/C23H30N8O2/c1-4-23(28-15-7-5-6-8-16(15)29-23)20-26-18-17(19(27-20)31-9-11-33-12-10-31)25-21(30(18)2)22(32-3)13-24-14-22/h5-8,24,28-29H,4,9-14H2,1-3H3. The van der Waals surface area contributed by atoms with Crippen molar-refractivity contribution in [1.82, 2.24) is 24.8 Å². The summed E-state index contributed by atoms with van der Waals surface area (Å²) in [5.74, 6) is 2.44. The zero-order valence-corrected chi connectivity index (χ0v) is 19.3. The third-order valence-corrected chi connectivity index (χ3v) is 7.17. The number of aryl methyl sites for hydroxylation is 1. The van der Waals surface area contributed by atoms with Crippen molar-refractivity contribution in [3.05, 3.63) is 35.9 Å². The Morgan fingerprint density at radius 2 is 1.76 bits per heavy atom. The van der Waals surface area contributed by atoms with Gasteiger partial charge in [-0.2, -0.15) is 0 Å². The van der Waals surface area contributed by atoms with E-state index < -0.39 is 11.3 Å². The third-order valence-electron chi connectivity index (χ3n) is 7.17. The zero-order valence-electron chi connectivity index (χ0n) is 19.3. The summed E-state index contributed by atoms with van der Waals surface area (Å²) in [4.78, 5) is 17.6. The minimum Gasteiger partial charge on any atom is -0.378 e. The highest BCUT2D eigenvalue weighted by atomic mass is 16.5. The molecule has 0 spiro atoms. The fourth-order valence-corrected chi connectivity index (χ4v) is 5.03. The van der Waals surface area contributed by atoms with E-state index in [0.29, 0.717) is 19.0 Å². The Balaban J connectivity index is 1.54. The molecule has 33 heavy (non-hydrogen) atoms. The van der Waals surface area contributed by atoms with E-state index in [1.165, 1.54) is 0 Å². The molecule has 3 aromatic rings. The molecule has 0 unspecified atom stereocenters. The van der Waals surface area contributed by atoms with Gasteiger partial charge < -0.3 is 34.9 Å². The Hall–Kier alpha value is -2.95. The first-order chi connectivity index (χ1) is 16.1.